The average Bonchev–Trinajstić information content (AvgIpc) is 2.29. The van der Waals surface area contributed by atoms with Crippen LogP contribution < -0.4 is 16.3 Å². The lowest BCUT2D eigenvalue weighted by atomic mass is 10.2. The third kappa shape index (κ3) is 3.16. The summed E-state index contributed by atoms with van der Waals surface area (Å²) in [7, 11) is 0. The van der Waals surface area contributed by atoms with Gasteiger partial charge in [-0.05, 0) is 18.6 Å². The first-order chi connectivity index (χ1) is 7.29. The molecule has 4 heteroatoms. The van der Waals surface area contributed by atoms with E-state index in [0.717, 1.165) is 24.2 Å². The van der Waals surface area contributed by atoms with Crippen LogP contribution in [0.2, 0.25) is 0 Å². The standard InChI is InChI=1S/C11H17N3O/c1-2-3-8-15-10-7-5-4-6-9(10)11(12)14-13/h4-7H,2-3,8,13H2,1H3,(H2,12,14). The minimum atomic E-state index is 0.294. The van der Waals surface area contributed by atoms with E-state index < -0.39 is 0 Å². The van der Waals surface area contributed by atoms with Crippen molar-refractivity contribution in [1.82, 2.24) is 0 Å². The minimum Gasteiger partial charge on any atom is -0.493 e. The van der Waals surface area contributed by atoms with Gasteiger partial charge in [0, 0.05) is 0 Å². The van der Waals surface area contributed by atoms with Crippen LogP contribution in [0, 0.1) is 0 Å². The van der Waals surface area contributed by atoms with E-state index >= 15 is 0 Å². The molecule has 4 nitrogen and oxygen atoms in total. The van der Waals surface area contributed by atoms with Crippen molar-refractivity contribution in [2.45, 2.75) is 19.8 Å². The van der Waals surface area contributed by atoms with Crippen molar-refractivity contribution < 1.29 is 4.74 Å². The third-order valence-corrected chi connectivity index (χ3v) is 2.06. The molecule has 0 aromatic heterocycles. The Morgan fingerprint density at radius 2 is 2.13 bits per heavy atom. The minimum absolute atomic E-state index is 0.294. The molecule has 82 valence electrons. The van der Waals surface area contributed by atoms with Crippen molar-refractivity contribution in [2.24, 2.45) is 16.7 Å². The molecule has 1 rings (SSSR count). The SMILES string of the molecule is CCCCOc1ccccc1C(N)=NN. The van der Waals surface area contributed by atoms with Gasteiger partial charge in [-0.2, -0.15) is 5.10 Å². The number of amidine groups is 1. The van der Waals surface area contributed by atoms with Crippen molar-refractivity contribution >= 4 is 5.84 Å². The summed E-state index contributed by atoms with van der Waals surface area (Å²) >= 11 is 0. The molecule has 15 heavy (non-hydrogen) atoms. The van der Waals surface area contributed by atoms with Crippen molar-refractivity contribution in [2.75, 3.05) is 6.61 Å². The summed E-state index contributed by atoms with van der Waals surface area (Å²) < 4.78 is 5.58. The molecular formula is C11H17N3O. The van der Waals surface area contributed by atoms with Crippen LogP contribution in [0.5, 0.6) is 5.75 Å². The van der Waals surface area contributed by atoms with Gasteiger partial charge in [-0.1, -0.05) is 25.5 Å². The van der Waals surface area contributed by atoms with Crippen LogP contribution in [0.3, 0.4) is 0 Å². The number of hydrogen-bond donors (Lipinski definition) is 2. The lowest BCUT2D eigenvalue weighted by Crippen LogP contribution is -2.17. The van der Waals surface area contributed by atoms with Gasteiger partial charge in [0.05, 0.1) is 12.2 Å². The normalized spacial score (nSPS) is 11.4. The molecule has 0 unspecified atom stereocenters. The Kier molecular flexibility index (Phi) is 4.47. The van der Waals surface area contributed by atoms with Crippen LogP contribution in [-0.2, 0) is 0 Å². The smallest absolute Gasteiger partial charge is 0.154 e. The van der Waals surface area contributed by atoms with E-state index in [1.807, 2.05) is 24.3 Å². The van der Waals surface area contributed by atoms with Crippen LogP contribution in [0.15, 0.2) is 29.4 Å². The Bertz CT molecular complexity index is 336. The summed E-state index contributed by atoms with van der Waals surface area (Å²) in [6.07, 6.45) is 2.12. The quantitative estimate of drug-likeness (QED) is 0.252. The fourth-order valence-electron chi connectivity index (χ4n) is 1.20. The molecule has 0 aliphatic carbocycles. The maximum absolute atomic E-state index is 5.64. The Morgan fingerprint density at radius 3 is 2.80 bits per heavy atom. The predicted octanol–water partition coefficient (Wildman–Crippen LogP) is 1.44. The maximum atomic E-state index is 5.64. The van der Waals surface area contributed by atoms with Gasteiger partial charge in [-0.25, -0.2) is 0 Å². The molecule has 0 aliphatic heterocycles. The average molecular weight is 207 g/mol. The number of ether oxygens (including phenoxy) is 1. The van der Waals surface area contributed by atoms with Gasteiger partial charge in [0.15, 0.2) is 5.84 Å². The first kappa shape index (κ1) is 11.4. The summed E-state index contributed by atoms with van der Waals surface area (Å²) in [5.74, 6) is 6.16. The van der Waals surface area contributed by atoms with Crippen LogP contribution in [0.1, 0.15) is 25.3 Å². The van der Waals surface area contributed by atoms with Gasteiger partial charge in [0.25, 0.3) is 0 Å². The topological polar surface area (TPSA) is 73.6 Å². The number of hydrogen-bond acceptors (Lipinski definition) is 3. The monoisotopic (exact) mass is 207 g/mol. The second kappa shape index (κ2) is 5.90. The predicted molar refractivity (Wildman–Crippen MR) is 61.8 cm³/mol. The molecule has 0 aliphatic rings. The molecule has 1 aromatic carbocycles. The highest BCUT2D eigenvalue weighted by atomic mass is 16.5. The van der Waals surface area contributed by atoms with Crippen LogP contribution in [-0.4, -0.2) is 12.4 Å². The molecule has 4 N–H and O–H groups in total. The maximum Gasteiger partial charge on any atom is 0.154 e. The largest absolute Gasteiger partial charge is 0.493 e. The van der Waals surface area contributed by atoms with Crippen LogP contribution >= 0.6 is 0 Å². The number of hydrazone groups is 1. The molecule has 0 fully saturated rings. The van der Waals surface area contributed by atoms with Gasteiger partial charge in [-0.3, -0.25) is 0 Å². The van der Waals surface area contributed by atoms with E-state index in [1.54, 1.807) is 0 Å². The summed E-state index contributed by atoms with van der Waals surface area (Å²) in [6, 6.07) is 7.48. The number of nitrogens with two attached hydrogens (primary N) is 2. The Labute approximate surface area is 89.9 Å². The molecule has 0 bridgehead atoms. The molecule has 0 atom stereocenters. The van der Waals surface area contributed by atoms with Gasteiger partial charge in [0.2, 0.25) is 0 Å². The van der Waals surface area contributed by atoms with Crippen LogP contribution in [0.4, 0.5) is 0 Å². The second-order valence-corrected chi connectivity index (χ2v) is 3.21. The Balaban J connectivity index is 2.77. The highest BCUT2D eigenvalue weighted by Gasteiger charge is 2.05. The van der Waals surface area contributed by atoms with E-state index in [4.69, 9.17) is 16.3 Å². The molecule has 0 heterocycles. The fourth-order valence-corrected chi connectivity index (χ4v) is 1.20. The first-order valence-electron chi connectivity index (χ1n) is 5.05. The van der Waals surface area contributed by atoms with E-state index in [2.05, 4.69) is 12.0 Å². The zero-order chi connectivity index (χ0) is 11.1. The zero-order valence-electron chi connectivity index (χ0n) is 8.94. The molecule has 0 amide bonds. The van der Waals surface area contributed by atoms with Crippen molar-refractivity contribution in [3.05, 3.63) is 29.8 Å². The van der Waals surface area contributed by atoms with Crippen LogP contribution in [0.25, 0.3) is 0 Å². The van der Waals surface area contributed by atoms with E-state index in [1.165, 1.54) is 0 Å². The number of unbranched alkanes of at least 4 members (excludes halogenated alkanes) is 1. The first-order valence-corrected chi connectivity index (χ1v) is 5.05. The molecule has 1 aromatic rings. The second-order valence-electron chi connectivity index (χ2n) is 3.21. The number of para-hydroxylation sites is 1. The zero-order valence-corrected chi connectivity index (χ0v) is 8.94. The lowest BCUT2D eigenvalue weighted by molar-refractivity contribution is 0.309. The summed E-state index contributed by atoms with van der Waals surface area (Å²) in [4.78, 5) is 0. The van der Waals surface area contributed by atoms with E-state index in [-0.39, 0.29) is 0 Å². The van der Waals surface area contributed by atoms with Gasteiger partial charge < -0.3 is 16.3 Å². The summed E-state index contributed by atoms with van der Waals surface area (Å²) in [5.41, 5.74) is 6.39. The summed E-state index contributed by atoms with van der Waals surface area (Å²) in [6.45, 7) is 2.80. The van der Waals surface area contributed by atoms with E-state index in [9.17, 15) is 0 Å². The fraction of sp³-hybridized carbons (Fsp3) is 0.364. The summed E-state index contributed by atoms with van der Waals surface area (Å²) in [5, 5.41) is 3.46. The lowest BCUT2D eigenvalue weighted by Gasteiger charge is -2.09. The van der Waals surface area contributed by atoms with Crippen molar-refractivity contribution in [1.29, 1.82) is 0 Å². The van der Waals surface area contributed by atoms with Gasteiger partial charge >= 0.3 is 0 Å². The molecule has 0 spiro atoms. The number of nitrogens with zero attached hydrogens (tertiary/aromatic N) is 1. The molecule has 0 radical (unpaired) electrons. The third-order valence-electron chi connectivity index (χ3n) is 2.06. The molecule has 0 saturated carbocycles. The number of benzene rings is 1. The van der Waals surface area contributed by atoms with E-state index in [0.29, 0.717) is 12.4 Å². The molecule has 0 saturated heterocycles. The Morgan fingerprint density at radius 1 is 1.40 bits per heavy atom. The Hall–Kier alpha value is -1.71. The van der Waals surface area contributed by atoms with Crippen molar-refractivity contribution in [3.8, 4) is 5.75 Å². The van der Waals surface area contributed by atoms with Gasteiger partial charge in [-0.15, -0.1) is 0 Å². The van der Waals surface area contributed by atoms with Crippen molar-refractivity contribution in [3.63, 3.8) is 0 Å². The van der Waals surface area contributed by atoms with Gasteiger partial charge in [0.1, 0.15) is 5.75 Å². The molecular weight excluding hydrogens is 190 g/mol. The number of rotatable bonds is 5. The highest BCUT2D eigenvalue weighted by molar-refractivity contribution is 5.99. The highest BCUT2D eigenvalue weighted by Crippen LogP contribution is 2.17.